The molecule has 0 saturated carbocycles. The Morgan fingerprint density at radius 3 is 2.61 bits per heavy atom. The Morgan fingerprint density at radius 1 is 1.13 bits per heavy atom. The number of hydrogen-bond donors (Lipinski definition) is 1. The van der Waals surface area contributed by atoms with Gasteiger partial charge in [-0.15, -0.1) is 0 Å². The van der Waals surface area contributed by atoms with Gasteiger partial charge in [-0.1, -0.05) is 17.7 Å². The molecule has 0 bridgehead atoms. The van der Waals surface area contributed by atoms with Gasteiger partial charge in [0.25, 0.3) is 0 Å². The summed E-state index contributed by atoms with van der Waals surface area (Å²) in [5, 5.41) is 6.18. The van der Waals surface area contributed by atoms with E-state index < -0.39 is 17.6 Å². The number of pyridine rings is 1. The fourth-order valence-corrected chi connectivity index (χ4v) is 2.29. The monoisotopic (exact) mass is 342 g/mol. The molecule has 2 aromatic heterocycles. The molecule has 0 atom stereocenters. The molecule has 0 aliphatic carbocycles. The van der Waals surface area contributed by atoms with Crippen LogP contribution in [0.25, 0.3) is 22.8 Å². The molecule has 1 aromatic carbocycles. The van der Waals surface area contributed by atoms with E-state index in [4.69, 9.17) is 11.6 Å². The van der Waals surface area contributed by atoms with Crippen molar-refractivity contribution in [2.24, 2.45) is 0 Å². The molecular formula is C14H7ClF4N4. The molecule has 0 saturated heterocycles. The average Bonchev–Trinajstić information content (AvgIpc) is 2.95. The van der Waals surface area contributed by atoms with Crippen LogP contribution in [0.3, 0.4) is 0 Å². The van der Waals surface area contributed by atoms with Gasteiger partial charge in [0.2, 0.25) is 0 Å². The maximum atomic E-state index is 13.9. The van der Waals surface area contributed by atoms with Crippen LogP contribution in [0.1, 0.15) is 5.56 Å². The largest absolute Gasteiger partial charge is 0.417 e. The third-order valence-electron chi connectivity index (χ3n) is 3.05. The Hall–Kier alpha value is -2.48. The van der Waals surface area contributed by atoms with Gasteiger partial charge < -0.3 is 0 Å². The van der Waals surface area contributed by atoms with Crippen LogP contribution in [0.2, 0.25) is 5.02 Å². The van der Waals surface area contributed by atoms with E-state index in [1.165, 1.54) is 12.1 Å². The highest BCUT2D eigenvalue weighted by atomic mass is 35.5. The number of H-pyrrole nitrogens is 1. The molecule has 1 N–H and O–H groups in total. The number of rotatable bonds is 2. The molecule has 2 heterocycles. The SMILES string of the molecule is Fc1cccc(Cl)c1-c1nc(-c2cnccc2C(F)(F)F)n[nH]1. The molecule has 23 heavy (non-hydrogen) atoms. The van der Waals surface area contributed by atoms with Crippen molar-refractivity contribution in [3.05, 3.63) is 53.1 Å². The molecule has 0 aliphatic rings. The summed E-state index contributed by atoms with van der Waals surface area (Å²) in [6.45, 7) is 0. The zero-order valence-corrected chi connectivity index (χ0v) is 12.0. The Labute approximate surface area is 132 Å². The molecule has 0 unspecified atom stereocenters. The first-order valence-electron chi connectivity index (χ1n) is 6.26. The summed E-state index contributed by atoms with van der Waals surface area (Å²) < 4.78 is 52.9. The molecule has 3 rings (SSSR count). The van der Waals surface area contributed by atoms with Crippen molar-refractivity contribution >= 4 is 11.6 Å². The van der Waals surface area contributed by atoms with E-state index in [0.717, 1.165) is 24.5 Å². The van der Waals surface area contributed by atoms with Crippen LogP contribution in [-0.2, 0) is 6.18 Å². The number of nitrogens with one attached hydrogen (secondary N) is 1. The molecule has 0 aliphatic heterocycles. The van der Waals surface area contributed by atoms with Crippen molar-refractivity contribution in [2.75, 3.05) is 0 Å². The maximum absolute atomic E-state index is 13.9. The Balaban J connectivity index is 2.11. The van der Waals surface area contributed by atoms with E-state index in [1.807, 2.05) is 0 Å². The van der Waals surface area contributed by atoms with Crippen molar-refractivity contribution in [1.29, 1.82) is 0 Å². The average molecular weight is 343 g/mol. The number of aromatic amines is 1. The predicted molar refractivity (Wildman–Crippen MR) is 75.0 cm³/mol. The van der Waals surface area contributed by atoms with Crippen LogP contribution in [0.4, 0.5) is 17.6 Å². The molecule has 0 amide bonds. The van der Waals surface area contributed by atoms with E-state index in [1.54, 1.807) is 0 Å². The second-order valence-electron chi connectivity index (χ2n) is 4.52. The summed E-state index contributed by atoms with van der Waals surface area (Å²) in [6.07, 6.45) is -2.57. The number of benzene rings is 1. The quantitative estimate of drug-likeness (QED) is 0.705. The van der Waals surface area contributed by atoms with Crippen LogP contribution in [0.15, 0.2) is 36.7 Å². The minimum Gasteiger partial charge on any atom is -0.264 e. The summed E-state index contributed by atoms with van der Waals surface area (Å²) in [6, 6.07) is 4.82. The van der Waals surface area contributed by atoms with Crippen molar-refractivity contribution in [2.45, 2.75) is 6.18 Å². The molecule has 3 aromatic rings. The molecular weight excluding hydrogens is 336 g/mol. The highest BCUT2D eigenvalue weighted by Gasteiger charge is 2.34. The van der Waals surface area contributed by atoms with Crippen molar-refractivity contribution in [3.8, 4) is 22.8 Å². The van der Waals surface area contributed by atoms with Gasteiger partial charge in [0.15, 0.2) is 11.6 Å². The first-order valence-corrected chi connectivity index (χ1v) is 6.64. The highest BCUT2D eigenvalue weighted by molar-refractivity contribution is 6.33. The van der Waals surface area contributed by atoms with Crippen LogP contribution in [0.5, 0.6) is 0 Å². The lowest BCUT2D eigenvalue weighted by atomic mass is 10.1. The summed E-state index contributed by atoms with van der Waals surface area (Å²) in [4.78, 5) is 7.57. The molecule has 4 nitrogen and oxygen atoms in total. The fraction of sp³-hybridized carbons (Fsp3) is 0.0714. The van der Waals surface area contributed by atoms with Gasteiger partial charge in [0, 0.05) is 12.4 Å². The van der Waals surface area contributed by atoms with Gasteiger partial charge in [0.05, 0.1) is 21.7 Å². The third kappa shape index (κ3) is 2.89. The summed E-state index contributed by atoms with van der Waals surface area (Å²) in [5.41, 5.74) is -1.31. The first kappa shape index (κ1) is 15.4. The lowest BCUT2D eigenvalue weighted by Crippen LogP contribution is -2.07. The second-order valence-corrected chi connectivity index (χ2v) is 4.93. The minimum atomic E-state index is -4.59. The molecule has 118 valence electrons. The van der Waals surface area contributed by atoms with Crippen LogP contribution < -0.4 is 0 Å². The van der Waals surface area contributed by atoms with E-state index in [0.29, 0.717) is 0 Å². The summed E-state index contributed by atoms with van der Waals surface area (Å²) in [7, 11) is 0. The van der Waals surface area contributed by atoms with Gasteiger partial charge in [-0.25, -0.2) is 9.37 Å². The topological polar surface area (TPSA) is 54.5 Å². The van der Waals surface area contributed by atoms with Gasteiger partial charge >= 0.3 is 6.18 Å². The number of hydrogen-bond acceptors (Lipinski definition) is 3. The minimum absolute atomic E-state index is 0.0645. The normalized spacial score (nSPS) is 11.7. The van der Waals surface area contributed by atoms with Crippen LogP contribution >= 0.6 is 11.6 Å². The van der Waals surface area contributed by atoms with E-state index >= 15 is 0 Å². The molecule has 0 radical (unpaired) electrons. The van der Waals surface area contributed by atoms with Crippen molar-refractivity contribution in [3.63, 3.8) is 0 Å². The Morgan fingerprint density at radius 2 is 1.91 bits per heavy atom. The van der Waals surface area contributed by atoms with Gasteiger partial charge in [-0.3, -0.25) is 10.1 Å². The van der Waals surface area contributed by atoms with E-state index in [-0.39, 0.29) is 27.8 Å². The number of aromatic nitrogens is 4. The smallest absolute Gasteiger partial charge is 0.264 e. The Bertz CT molecular complexity index is 840. The molecule has 9 heteroatoms. The summed E-state index contributed by atoms with van der Waals surface area (Å²) in [5.74, 6) is -0.984. The Kier molecular flexibility index (Phi) is 3.77. The lowest BCUT2D eigenvalue weighted by molar-refractivity contribution is -0.137. The van der Waals surface area contributed by atoms with Crippen molar-refractivity contribution < 1.29 is 17.6 Å². The molecule has 0 fully saturated rings. The standard InChI is InChI=1S/C14H7ClF4N4/c15-9-2-1-3-10(16)11(9)13-21-12(22-23-13)7-6-20-5-4-8(7)14(17,18)19/h1-6H,(H,21,22,23). The van der Waals surface area contributed by atoms with Gasteiger partial charge in [-0.2, -0.15) is 18.3 Å². The van der Waals surface area contributed by atoms with Crippen LogP contribution in [0, 0.1) is 5.82 Å². The third-order valence-corrected chi connectivity index (χ3v) is 3.37. The maximum Gasteiger partial charge on any atom is 0.417 e. The number of alkyl halides is 3. The fourth-order valence-electron chi connectivity index (χ4n) is 2.04. The number of halogens is 5. The van der Waals surface area contributed by atoms with Crippen LogP contribution in [-0.4, -0.2) is 20.2 Å². The second kappa shape index (κ2) is 5.62. The zero-order chi connectivity index (χ0) is 16.6. The number of nitrogens with zero attached hydrogens (tertiary/aromatic N) is 3. The van der Waals surface area contributed by atoms with Gasteiger partial charge in [0.1, 0.15) is 5.82 Å². The highest BCUT2D eigenvalue weighted by Crippen LogP contribution is 2.36. The van der Waals surface area contributed by atoms with E-state index in [2.05, 4.69) is 20.2 Å². The lowest BCUT2D eigenvalue weighted by Gasteiger charge is -2.09. The predicted octanol–water partition coefficient (Wildman–Crippen LogP) is 4.35. The summed E-state index contributed by atoms with van der Waals surface area (Å²) >= 11 is 5.90. The van der Waals surface area contributed by atoms with Crippen molar-refractivity contribution in [1.82, 2.24) is 20.2 Å². The van der Waals surface area contributed by atoms with Gasteiger partial charge in [-0.05, 0) is 18.2 Å². The van der Waals surface area contributed by atoms with E-state index in [9.17, 15) is 17.6 Å². The first-order chi connectivity index (χ1) is 10.9. The molecule has 0 spiro atoms. The zero-order valence-electron chi connectivity index (χ0n) is 11.2.